The molecule has 1 atom stereocenters. The number of nitrogens with zero attached hydrogens (tertiary/aromatic N) is 1. The lowest BCUT2D eigenvalue weighted by atomic mass is 10.1. The van der Waals surface area contributed by atoms with Gasteiger partial charge >= 0.3 is 5.97 Å². The zero-order valence-electron chi connectivity index (χ0n) is 8.94. The Labute approximate surface area is 103 Å². The summed E-state index contributed by atoms with van der Waals surface area (Å²) in [7, 11) is 1.31. The summed E-state index contributed by atoms with van der Waals surface area (Å²) in [5.74, 6) is -0.443. The largest absolute Gasteiger partial charge is 0.468 e. The molecule has 0 aliphatic carbocycles. The van der Waals surface area contributed by atoms with Gasteiger partial charge in [-0.2, -0.15) is 0 Å². The standard InChI is InChI=1S/C11H13BrN2O2/c1-3-7-4-8(14-10(12)5-7)6-9(13)11(15)16-2/h3-5,9H,1,6,13H2,2H3/t9-/m0/s1. The summed E-state index contributed by atoms with van der Waals surface area (Å²) in [5, 5.41) is 0. The SMILES string of the molecule is C=Cc1cc(Br)nc(C[C@H](N)C(=O)OC)c1. The summed E-state index contributed by atoms with van der Waals surface area (Å²) in [5.41, 5.74) is 7.29. The van der Waals surface area contributed by atoms with Crippen molar-refractivity contribution in [1.82, 2.24) is 4.98 Å². The van der Waals surface area contributed by atoms with Crippen molar-refractivity contribution >= 4 is 28.0 Å². The molecule has 0 spiro atoms. The smallest absolute Gasteiger partial charge is 0.323 e. The molecular weight excluding hydrogens is 272 g/mol. The van der Waals surface area contributed by atoms with Crippen LogP contribution in [0.3, 0.4) is 0 Å². The van der Waals surface area contributed by atoms with E-state index in [-0.39, 0.29) is 0 Å². The molecule has 86 valence electrons. The Kier molecular flexibility index (Phi) is 4.64. The van der Waals surface area contributed by atoms with E-state index in [0.29, 0.717) is 11.0 Å². The van der Waals surface area contributed by atoms with Crippen LogP contribution in [-0.4, -0.2) is 24.1 Å². The Morgan fingerprint density at radius 2 is 2.44 bits per heavy atom. The molecule has 0 bridgehead atoms. The van der Waals surface area contributed by atoms with Crippen molar-refractivity contribution in [3.63, 3.8) is 0 Å². The molecule has 0 amide bonds. The summed E-state index contributed by atoms with van der Waals surface area (Å²) < 4.78 is 5.24. The van der Waals surface area contributed by atoms with Gasteiger partial charge in [-0.15, -0.1) is 0 Å². The Morgan fingerprint density at radius 1 is 1.75 bits per heavy atom. The van der Waals surface area contributed by atoms with Crippen LogP contribution >= 0.6 is 15.9 Å². The summed E-state index contributed by atoms with van der Waals surface area (Å²) in [6.45, 7) is 3.67. The number of hydrogen-bond acceptors (Lipinski definition) is 4. The molecule has 4 nitrogen and oxygen atoms in total. The van der Waals surface area contributed by atoms with Crippen LogP contribution in [0.25, 0.3) is 6.08 Å². The average molecular weight is 285 g/mol. The van der Waals surface area contributed by atoms with E-state index >= 15 is 0 Å². The van der Waals surface area contributed by atoms with Gasteiger partial charge in [-0.3, -0.25) is 4.79 Å². The molecule has 0 saturated carbocycles. The van der Waals surface area contributed by atoms with Crippen LogP contribution in [0, 0.1) is 0 Å². The van der Waals surface area contributed by atoms with E-state index in [1.807, 2.05) is 12.1 Å². The number of ether oxygens (including phenoxy) is 1. The third-order valence-corrected chi connectivity index (χ3v) is 2.44. The molecule has 2 N–H and O–H groups in total. The first-order chi connectivity index (χ1) is 7.56. The molecule has 0 unspecified atom stereocenters. The Hall–Kier alpha value is -1.20. The molecule has 0 aliphatic rings. The van der Waals surface area contributed by atoms with E-state index in [1.165, 1.54) is 7.11 Å². The maximum absolute atomic E-state index is 11.1. The van der Waals surface area contributed by atoms with E-state index < -0.39 is 12.0 Å². The van der Waals surface area contributed by atoms with Crippen molar-refractivity contribution in [3.8, 4) is 0 Å². The number of hydrogen-bond donors (Lipinski definition) is 1. The highest BCUT2D eigenvalue weighted by Crippen LogP contribution is 2.13. The van der Waals surface area contributed by atoms with E-state index in [1.54, 1.807) is 6.08 Å². The number of carbonyl (C=O) groups is 1. The predicted octanol–water partition coefficient (Wildman–Crippen LogP) is 1.53. The number of rotatable bonds is 4. The fourth-order valence-electron chi connectivity index (χ4n) is 1.26. The van der Waals surface area contributed by atoms with Gasteiger partial charge in [-0.05, 0) is 33.6 Å². The van der Waals surface area contributed by atoms with Gasteiger partial charge in [0.15, 0.2) is 0 Å². The zero-order valence-corrected chi connectivity index (χ0v) is 10.5. The van der Waals surface area contributed by atoms with Crippen LogP contribution < -0.4 is 5.73 Å². The highest BCUT2D eigenvalue weighted by molar-refractivity contribution is 9.10. The first-order valence-corrected chi connectivity index (χ1v) is 5.48. The lowest BCUT2D eigenvalue weighted by molar-refractivity contribution is -0.142. The maximum Gasteiger partial charge on any atom is 0.323 e. The van der Waals surface area contributed by atoms with Gasteiger partial charge in [0.1, 0.15) is 10.6 Å². The van der Waals surface area contributed by atoms with Gasteiger partial charge in [-0.25, -0.2) is 4.98 Å². The fraction of sp³-hybridized carbons (Fsp3) is 0.273. The average Bonchev–Trinajstić information content (AvgIpc) is 2.26. The summed E-state index contributed by atoms with van der Waals surface area (Å²) in [6, 6.07) is 2.98. The summed E-state index contributed by atoms with van der Waals surface area (Å²) in [4.78, 5) is 15.4. The van der Waals surface area contributed by atoms with E-state index in [9.17, 15) is 4.79 Å². The molecule has 0 aliphatic heterocycles. The number of methoxy groups -OCH3 is 1. The normalized spacial score (nSPS) is 11.9. The summed E-state index contributed by atoms with van der Waals surface area (Å²) >= 11 is 3.28. The summed E-state index contributed by atoms with van der Waals surface area (Å²) in [6.07, 6.45) is 2.05. The van der Waals surface area contributed by atoms with Crippen molar-refractivity contribution in [2.24, 2.45) is 5.73 Å². The second-order valence-corrected chi connectivity index (χ2v) is 4.06. The predicted molar refractivity (Wildman–Crippen MR) is 65.7 cm³/mol. The highest BCUT2D eigenvalue weighted by atomic mass is 79.9. The molecular formula is C11H13BrN2O2. The van der Waals surface area contributed by atoms with Gasteiger partial charge in [-0.1, -0.05) is 12.7 Å². The molecule has 0 aromatic carbocycles. The molecule has 0 fully saturated rings. The topological polar surface area (TPSA) is 65.2 Å². The molecule has 1 heterocycles. The Balaban J connectivity index is 2.84. The second-order valence-electron chi connectivity index (χ2n) is 3.25. The number of halogens is 1. The van der Waals surface area contributed by atoms with Crippen LogP contribution in [0.4, 0.5) is 0 Å². The van der Waals surface area contributed by atoms with Crippen molar-refractivity contribution in [2.45, 2.75) is 12.5 Å². The third kappa shape index (κ3) is 3.43. The van der Waals surface area contributed by atoms with Crippen LogP contribution in [0.1, 0.15) is 11.3 Å². The zero-order chi connectivity index (χ0) is 12.1. The van der Waals surface area contributed by atoms with Crippen molar-refractivity contribution in [3.05, 3.63) is 34.6 Å². The Morgan fingerprint density at radius 3 is 3.00 bits per heavy atom. The van der Waals surface area contributed by atoms with E-state index in [0.717, 1.165) is 11.3 Å². The van der Waals surface area contributed by atoms with Crippen molar-refractivity contribution in [1.29, 1.82) is 0 Å². The molecule has 1 aromatic heterocycles. The fourth-order valence-corrected chi connectivity index (χ4v) is 1.75. The third-order valence-electron chi connectivity index (χ3n) is 2.04. The van der Waals surface area contributed by atoms with Crippen LogP contribution in [0.2, 0.25) is 0 Å². The van der Waals surface area contributed by atoms with Gasteiger partial charge in [0, 0.05) is 12.1 Å². The number of aromatic nitrogens is 1. The lowest BCUT2D eigenvalue weighted by Crippen LogP contribution is -2.33. The molecule has 1 rings (SSSR count). The number of nitrogens with two attached hydrogens (primary N) is 1. The molecule has 1 aromatic rings. The van der Waals surface area contributed by atoms with Crippen LogP contribution in [-0.2, 0) is 16.0 Å². The minimum atomic E-state index is -0.690. The minimum Gasteiger partial charge on any atom is -0.468 e. The number of pyridine rings is 1. The van der Waals surface area contributed by atoms with Crippen molar-refractivity contribution in [2.75, 3.05) is 7.11 Å². The molecule has 5 heteroatoms. The van der Waals surface area contributed by atoms with Crippen molar-refractivity contribution < 1.29 is 9.53 Å². The first-order valence-electron chi connectivity index (χ1n) is 4.69. The van der Waals surface area contributed by atoms with E-state index in [4.69, 9.17) is 5.73 Å². The number of carbonyl (C=O) groups excluding carboxylic acids is 1. The van der Waals surface area contributed by atoms with Crippen LogP contribution in [0.5, 0.6) is 0 Å². The van der Waals surface area contributed by atoms with Gasteiger partial charge in [0.25, 0.3) is 0 Å². The Bertz CT molecular complexity index is 407. The molecule has 0 saturated heterocycles. The quantitative estimate of drug-likeness (QED) is 0.673. The highest BCUT2D eigenvalue weighted by Gasteiger charge is 2.15. The molecule has 16 heavy (non-hydrogen) atoms. The second kappa shape index (κ2) is 5.77. The number of esters is 1. The van der Waals surface area contributed by atoms with Crippen LogP contribution in [0.15, 0.2) is 23.3 Å². The maximum atomic E-state index is 11.1. The monoisotopic (exact) mass is 284 g/mol. The van der Waals surface area contributed by atoms with E-state index in [2.05, 4.69) is 32.2 Å². The first kappa shape index (κ1) is 12.9. The van der Waals surface area contributed by atoms with Gasteiger partial charge in [0.05, 0.1) is 7.11 Å². The van der Waals surface area contributed by atoms with Gasteiger partial charge < -0.3 is 10.5 Å². The molecule has 0 radical (unpaired) electrons. The minimum absolute atomic E-state index is 0.340. The van der Waals surface area contributed by atoms with Gasteiger partial charge in [0.2, 0.25) is 0 Å². The lowest BCUT2D eigenvalue weighted by Gasteiger charge is -2.09.